The monoisotopic (exact) mass is 453 g/mol. The second-order valence-corrected chi connectivity index (χ2v) is 8.49. The number of rotatable bonds is 7. The number of urea groups is 1. The van der Waals surface area contributed by atoms with Gasteiger partial charge in [-0.2, -0.15) is 5.10 Å². The van der Waals surface area contributed by atoms with Crippen molar-refractivity contribution in [3.05, 3.63) is 59.8 Å². The molecule has 32 heavy (non-hydrogen) atoms. The van der Waals surface area contributed by atoms with Crippen LogP contribution < -0.4 is 15.4 Å². The highest BCUT2D eigenvalue weighted by Crippen LogP contribution is 2.33. The highest BCUT2D eigenvalue weighted by molar-refractivity contribution is 6.30. The highest BCUT2D eigenvalue weighted by Gasteiger charge is 2.21. The minimum Gasteiger partial charge on any atom is -0.493 e. The Balaban J connectivity index is 1.47. The summed E-state index contributed by atoms with van der Waals surface area (Å²) in [6.45, 7) is 1.80. The molecule has 2 amide bonds. The van der Waals surface area contributed by atoms with Crippen LogP contribution in [0.1, 0.15) is 19.3 Å². The lowest BCUT2D eigenvalue weighted by Crippen LogP contribution is -2.26. The van der Waals surface area contributed by atoms with Crippen LogP contribution in [0.4, 0.5) is 16.2 Å². The van der Waals surface area contributed by atoms with Crippen LogP contribution in [0.5, 0.6) is 5.75 Å². The van der Waals surface area contributed by atoms with E-state index in [-0.39, 0.29) is 6.03 Å². The summed E-state index contributed by atoms with van der Waals surface area (Å²) in [5.41, 5.74) is 3.12. The second kappa shape index (κ2) is 10.1. The van der Waals surface area contributed by atoms with Gasteiger partial charge in [0.15, 0.2) is 0 Å². The van der Waals surface area contributed by atoms with Gasteiger partial charge in [-0.3, -0.25) is 4.68 Å². The van der Waals surface area contributed by atoms with Crippen molar-refractivity contribution < 1.29 is 9.53 Å². The molecule has 1 unspecified atom stereocenters. The fraction of sp³-hybridized carbons (Fsp3) is 0.333. The topological polar surface area (TPSA) is 71.4 Å². The lowest BCUT2D eigenvalue weighted by Gasteiger charge is -2.20. The summed E-state index contributed by atoms with van der Waals surface area (Å²) in [5, 5.41) is 10.6. The molecule has 0 saturated carbocycles. The number of likely N-dealkylation sites (tertiary alicyclic amines) is 1. The Hall–Kier alpha value is -3.03. The number of amides is 2. The van der Waals surface area contributed by atoms with Gasteiger partial charge >= 0.3 is 6.03 Å². The van der Waals surface area contributed by atoms with Crippen molar-refractivity contribution >= 4 is 29.0 Å². The van der Waals surface area contributed by atoms with Crippen LogP contribution in [0.25, 0.3) is 11.3 Å². The molecule has 168 valence electrons. The summed E-state index contributed by atoms with van der Waals surface area (Å²) in [5.74, 6) is 0.776. The van der Waals surface area contributed by atoms with Crippen molar-refractivity contribution in [2.45, 2.75) is 25.3 Å². The van der Waals surface area contributed by atoms with Crippen LogP contribution in [0.2, 0.25) is 5.02 Å². The summed E-state index contributed by atoms with van der Waals surface area (Å²) in [6.07, 6.45) is 5.21. The Labute approximate surface area is 193 Å². The SMILES string of the molecule is CN1CCCC1CCOc1ccc(NC(=O)Nc2ccc(Cl)cc2)cc1-c1ccnn1C. The molecule has 2 N–H and O–H groups in total. The van der Waals surface area contributed by atoms with Crippen molar-refractivity contribution in [2.24, 2.45) is 7.05 Å². The molecule has 2 aromatic carbocycles. The van der Waals surface area contributed by atoms with E-state index in [1.807, 2.05) is 31.3 Å². The molecule has 0 spiro atoms. The van der Waals surface area contributed by atoms with Crippen LogP contribution >= 0.6 is 11.6 Å². The number of nitrogens with one attached hydrogen (secondary N) is 2. The van der Waals surface area contributed by atoms with Gasteiger partial charge < -0.3 is 20.3 Å². The summed E-state index contributed by atoms with van der Waals surface area (Å²) >= 11 is 5.90. The van der Waals surface area contributed by atoms with E-state index < -0.39 is 0 Å². The van der Waals surface area contributed by atoms with Crippen LogP contribution in [-0.2, 0) is 7.05 Å². The minimum atomic E-state index is -0.332. The number of hydrogen-bond acceptors (Lipinski definition) is 4. The number of aryl methyl sites for hydroxylation is 1. The first-order valence-corrected chi connectivity index (χ1v) is 11.2. The van der Waals surface area contributed by atoms with E-state index in [1.54, 1.807) is 35.1 Å². The first-order chi connectivity index (χ1) is 15.5. The Kier molecular flexibility index (Phi) is 6.97. The normalized spacial score (nSPS) is 16.2. The van der Waals surface area contributed by atoms with E-state index in [0.717, 1.165) is 30.0 Å². The number of anilines is 2. The molecule has 3 aromatic rings. The number of nitrogens with zero attached hydrogens (tertiary/aromatic N) is 3. The van der Waals surface area contributed by atoms with E-state index in [0.29, 0.717) is 29.0 Å². The van der Waals surface area contributed by atoms with Crippen LogP contribution in [0.15, 0.2) is 54.7 Å². The van der Waals surface area contributed by atoms with Crippen molar-refractivity contribution in [1.82, 2.24) is 14.7 Å². The average molecular weight is 454 g/mol. The quantitative estimate of drug-likeness (QED) is 0.512. The number of halogens is 1. The van der Waals surface area contributed by atoms with Gasteiger partial charge in [-0.15, -0.1) is 0 Å². The molecule has 0 radical (unpaired) electrons. The first kappa shape index (κ1) is 22.2. The van der Waals surface area contributed by atoms with E-state index in [2.05, 4.69) is 27.7 Å². The van der Waals surface area contributed by atoms with Crippen LogP contribution in [-0.4, -0.2) is 47.0 Å². The van der Waals surface area contributed by atoms with Crippen LogP contribution in [0, 0.1) is 0 Å². The Morgan fingerprint density at radius 2 is 1.88 bits per heavy atom. The van der Waals surface area contributed by atoms with Gasteiger partial charge in [0.05, 0.1) is 12.3 Å². The molecule has 2 heterocycles. The van der Waals surface area contributed by atoms with E-state index in [4.69, 9.17) is 16.3 Å². The molecule has 8 heteroatoms. The molecule has 0 bridgehead atoms. The summed E-state index contributed by atoms with van der Waals surface area (Å²) in [6, 6.07) is 14.8. The van der Waals surface area contributed by atoms with Crippen molar-refractivity contribution in [3.63, 3.8) is 0 Å². The third kappa shape index (κ3) is 5.41. The van der Waals surface area contributed by atoms with Gasteiger partial charge in [-0.1, -0.05) is 11.6 Å². The first-order valence-electron chi connectivity index (χ1n) is 10.8. The molecule has 1 saturated heterocycles. The molecule has 4 rings (SSSR count). The minimum absolute atomic E-state index is 0.332. The van der Waals surface area contributed by atoms with Gasteiger partial charge in [0.1, 0.15) is 5.75 Å². The Morgan fingerprint density at radius 1 is 1.12 bits per heavy atom. The summed E-state index contributed by atoms with van der Waals surface area (Å²) < 4.78 is 7.98. The average Bonchev–Trinajstić information content (AvgIpc) is 3.38. The number of carbonyl (C=O) groups excluding carboxylic acids is 1. The van der Waals surface area contributed by atoms with Gasteiger partial charge in [0.2, 0.25) is 0 Å². The number of hydrogen-bond donors (Lipinski definition) is 2. The highest BCUT2D eigenvalue weighted by atomic mass is 35.5. The van der Waals surface area contributed by atoms with Crippen molar-refractivity contribution in [1.29, 1.82) is 0 Å². The molecule has 1 atom stereocenters. The Morgan fingerprint density at radius 3 is 2.56 bits per heavy atom. The molecule has 7 nitrogen and oxygen atoms in total. The fourth-order valence-corrected chi connectivity index (χ4v) is 4.17. The largest absolute Gasteiger partial charge is 0.493 e. The number of aromatic nitrogens is 2. The number of benzene rings is 2. The number of ether oxygens (including phenoxy) is 1. The van der Waals surface area contributed by atoms with Gasteiger partial charge in [0, 0.05) is 41.2 Å². The predicted octanol–water partition coefficient (Wildman–Crippen LogP) is 5.25. The molecule has 1 aliphatic rings. The van der Waals surface area contributed by atoms with Gasteiger partial charge in [-0.25, -0.2) is 4.79 Å². The summed E-state index contributed by atoms with van der Waals surface area (Å²) in [7, 11) is 4.06. The van der Waals surface area contributed by atoms with E-state index >= 15 is 0 Å². The molecule has 1 aliphatic heterocycles. The maximum Gasteiger partial charge on any atom is 0.323 e. The zero-order chi connectivity index (χ0) is 22.5. The lowest BCUT2D eigenvalue weighted by molar-refractivity contribution is 0.234. The molecular formula is C24H28ClN5O2. The predicted molar refractivity (Wildman–Crippen MR) is 129 cm³/mol. The van der Waals surface area contributed by atoms with Crippen LogP contribution in [0.3, 0.4) is 0 Å². The van der Waals surface area contributed by atoms with Crippen molar-refractivity contribution in [3.8, 4) is 17.0 Å². The zero-order valence-corrected chi connectivity index (χ0v) is 19.1. The maximum absolute atomic E-state index is 12.5. The van der Waals surface area contributed by atoms with Gasteiger partial charge in [0.25, 0.3) is 0 Å². The fourth-order valence-electron chi connectivity index (χ4n) is 4.05. The third-order valence-electron chi connectivity index (χ3n) is 5.82. The van der Waals surface area contributed by atoms with E-state index in [1.165, 1.54) is 12.8 Å². The smallest absolute Gasteiger partial charge is 0.323 e. The maximum atomic E-state index is 12.5. The molecule has 0 aliphatic carbocycles. The van der Waals surface area contributed by atoms with Crippen molar-refractivity contribution in [2.75, 3.05) is 30.8 Å². The van der Waals surface area contributed by atoms with Gasteiger partial charge in [-0.05, 0) is 81.4 Å². The Bertz CT molecular complexity index is 1070. The van der Waals surface area contributed by atoms with E-state index in [9.17, 15) is 4.79 Å². The molecule has 1 fully saturated rings. The third-order valence-corrected chi connectivity index (χ3v) is 6.07. The zero-order valence-electron chi connectivity index (χ0n) is 18.3. The lowest BCUT2D eigenvalue weighted by atomic mass is 10.1. The summed E-state index contributed by atoms with van der Waals surface area (Å²) in [4.78, 5) is 14.9. The standard InChI is InChI=1S/C24H28ClN5O2/c1-29-14-3-4-20(29)12-15-32-23-10-9-19(16-21(23)22-11-13-26-30(22)2)28-24(31)27-18-7-5-17(25)6-8-18/h5-11,13,16,20H,3-4,12,14-15H2,1-2H3,(H2,27,28,31). The molecule has 1 aromatic heterocycles. The second-order valence-electron chi connectivity index (χ2n) is 8.05. The molecular weight excluding hydrogens is 426 g/mol. The number of carbonyl (C=O) groups is 1.